The van der Waals surface area contributed by atoms with Crippen LogP contribution >= 0.6 is 0 Å². The molecule has 0 aromatic carbocycles. The maximum atomic E-state index is 11.7. The van der Waals surface area contributed by atoms with E-state index in [0.29, 0.717) is 13.1 Å². The van der Waals surface area contributed by atoms with Crippen molar-refractivity contribution in [1.82, 2.24) is 16.0 Å². The number of urea groups is 1. The van der Waals surface area contributed by atoms with Crippen molar-refractivity contribution in [3.63, 3.8) is 0 Å². The van der Waals surface area contributed by atoms with Crippen LogP contribution in [0.2, 0.25) is 0 Å². The van der Waals surface area contributed by atoms with Gasteiger partial charge >= 0.3 is 12.2 Å². The van der Waals surface area contributed by atoms with E-state index in [1.54, 1.807) is 5.32 Å². The van der Waals surface area contributed by atoms with Crippen molar-refractivity contribution in [1.29, 1.82) is 0 Å². The molecule has 15 heavy (non-hydrogen) atoms. The van der Waals surface area contributed by atoms with E-state index in [9.17, 15) is 18.0 Å². The smallest absolute Gasteiger partial charge is 0.337 e. The molecule has 2 amide bonds. The largest absolute Gasteiger partial charge is 0.405 e. The van der Waals surface area contributed by atoms with Gasteiger partial charge in [-0.05, 0) is 0 Å². The third-order valence-corrected chi connectivity index (χ3v) is 1.41. The molecule has 0 aliphatic rings. The molecular weight excluding hydrogens is 211 g/mol. The Bertz CT molecular complexity index is 194. The van der Waals surface area contributed by atoms with Crippen molar-refractivity contribution in [3.8, 4) is 0 Å². The molecule has 90 valence electrons. The lowest BCUT2D eigenvalue weighted by atomic mass is 10.4. The molecule has 0 radical (unpaired) electrons. The van der Waals surface area contributed by atoms with Crippen LogP contribution < -0.4 is 16.0 Å². The number of alkyl halides is 3. The Morgan fingerprint density at radius 1 is 1.20 bits per heavy atom. The van der Waals surface area contributed by atoms with Crippen molar-refractivity contribution in [2.24, 2.45) is 0 Å². The molecule has 0 heterocycles. The summed E-state index contributed by atoms with van der Waals surface area (Å²) in [7, 11) is 0. The number of hydrogen-bond donors (Lipinski definition) is 3. The van der Waals surface area contributed by atoms with Crippen molar-refractivity contribution >= 4 is 6.03 Å². The van der Waals surface area contributed by atoms with Crippen LogP contribution in [0.1, 0.15) is 13.8 Å². The standard InChI is InChI=1S/C8H16F3N3O/c1-6(2)12-3-4-13-7(15)14-5-8(9,10)11/h6,12H,3-5H2,1-2H3,(H2,13,14,15). The molecule has 0 aromatic rings. The van der Waals surface area contributed by atoms with Gasteiger partial charge in [0.15, 0.2) is 0 Å². The van der Waals surface area contributed by atoms with Crippen LogP contribution in [0.15, 0.2) is 0 Å². The number of nitrogens with one attached hydrogen (secondary N) is 3. The molecule has 0 rings (SSSR count). The Morgan fingerprint density at radius 3 is 2.27 bits per heavy atom. The van der Waals surface area contributed by atoms with Crippen molar-refractivity contribution in [2.75, 3.05) is 19.6 Å². The van der Waals surface area contributed by atoms with E-state index in [0.717, 1.165) is 0 Å². The topological polar surface area (TPSA) is 53.2 Å². The predicted octanol–water partition coefficient (Wildman–Crippen LogP) is 0.846. The third-order valence-electron chi connectivity index (χ3n) is 1.41. The first-order chi connectivity index (χ1) is 6.81. The van der Waals surface area contributed by atoms with E-state index in [4.69, 9.17) is 0 Å². The highest BCUT2D eigenvalue weighted by Gasteiger charge is 2.27. The lowest BCUT2D eigenvalue weighted by Crippen LogP contribution is -2.43. The minimum Gasteiger partial charge on any atom is -0.337 e. The van der Waals surface area contributed by atoms with Crippen LogP contribution in [-0.2, 0) is 0 Å². The van der Waals surface area contributed by atoms with Gasteiger partial charge in [-0.1, -0.05) is 13.8 Å². The molecule has 0 saturated heterocycles. The van der Waals surface area contributed by atoms with Gasteiger partial charge in [-0.15, -0.1) is 0 Å². The fourth-order valence-electron chi connectivity index (χ4n) is 0.780. The minimum absolute atomic E-state index is 0.282. The first kappa shape index (κ1) is 14.0. The quantitative estimate of drug-likeness (QED) is 0.610. The fourth-order valence-corrected chi connectivity index (χ4v) is 0.780. The van der Waals surface area contributed by atoms with Crippen LogP contribution in [0.5, 0.6) is 0 Å². The third kappa shape index (κ3) is 10.9. The van der Waals surface area contributed by atoms with Crippen LogP contribution in [0.3, 0.4) is 0 Å². The molecule has 0 fully saturated rings. The molecule has 0 spiro atoms. The summed E-state index contributed by atoms with van der Waals surface area (Å²) >= 11 is 0. The Kier molecular flexibility index (Phi) is 6.07. The first-order valence-electron chi connectivity index (χ1n) is 4.63. The number of halogens is 3. The number of carbonyl (C=O) groups excluding carboxylic acids is 1. The fraction of sp³-hybridized carbons (Fsp3) is 0.875. The zero-order chi connectivity index (χ0) is 11.9. The van der Waals surface area contributed by atoms with E-state index in [1.807, 2.05) is 13.8 Å². The normalized spacial score (nSPS) is 11.6. The van der Waals surface area contributed by atoms with E-state index in [1.165, 1.54) is 0 Å². The molecular formula is C8H16F3N3O. The molecule has 7 heteroatoms. The summed E-state index contributed by atoms with van der Waals surface area (Å²) < 4.78 is 35.0. The summed E-state index contributed by atoms with van der Waals surface area (Å²) in [5, 5.41) is 7.01. The second-order valence-corrected chi connectivity index (χ2v) is 3.33. The second kappa shape index (κ2) is 6.49. The Labute approximate surface area is 86.6 Å². The molecule has 0 bridgehead atoms. The van der Waals surface area contributed by atoms with E-state index in [2.05, 4.69) is 10.6 Å². The van der Waals surface area contributed by atoms with Gasteiger partial charge in [0.25, 0.3) is 0 Å². The average Bonchev–Trinajstić information content (AvgIpc) is 2.07. The van der Waals surface area contributed by atoms with Crippen molar-refractivity contribution < 1.29 is 18.0 Å². The molecule has 0 atom stereocenters. The Morgan fingerprint density at radius 2 is 1.80 bits per heavy atom. The number of amides is 2. The predicted molar refractivity (Wildman–Crippen MR) is 50.6 cm³/mol. The maximum Gasteiger partial charge on any atom is 0.405 e. The van der Waals surface area contributed by atoms with E-state index < -0.39 is 18.8 Å². The number of carbonyl (C=O) groups is 1. The lowest BCUT2D eigenvalue weighted by Gasteiger charge is -2.11. The van der Waals surface area contributed by atoms with Gasteiger partial charge in [-0.2, -0.15) is 13.2 Å². The van der Waals surface area contributed by atoms with Gasteiger partial charge in [-0.3, -0.25) is 0 Å². The monoisotopic (exact) mass is 227 g/mol. The van der Waals surface area contributed by atoms with Gasteiger partial charge in [-0.25, -0.2) is 4.79 Å². The molecule has 0 aromatic heterocycles. The van der Waals surface area contributed by atoms with E-state index in [-0.39, 0.29) is 6.04 Å². The summed E-state index contributed by atoms with van der Waals surface area (Å²) in [5.41, 5.74) is 0. The molecule has 4 nitrogen and oxygen atoms in total. The highest BCUT2D eigenvalue weighted by atomic mass is 19.4. The summed E-state index contributed by atoms with van der Waals surface area (Å²) in [6, 6.07) is -0.525. The number of rotatable bonds is 5. The summed E-state index contributed by atoms with van der Waals surface area (Å²) in [4.78, 5) is 10.8. The van der Waals surface area contributed by atoms with Crippen LogP contribution in [-0.4, -0.2) is 37.9 Å². The van der Waals surface area contributed by atoms with Gasteiger partial charge in [0.05, 0.1) is 0 Å². The van der Waals surface area contributed by atoms with Crippen LogP contribution in [0.4, 0.5) is 18.0 Å². The van der Waals surface area contributed by atoms with Crippen LogP contribution in [0, 0.1) is 0 Å². The van der Waals surface area contributed by atoms with Crippen molar-refractivity contribution in [3.05, 3.63) is 0 Å². The van der Waals surface area contributed by atoms with Gasteiger partial charge in [0.1, 0.15) is 6.54 Å². The number of hydrogen-bond acceptors (Lipinski definition) is 2. The van der Waals surface area contributed by atoms with Gasteiger partial charge < -0.3 is 16.0 Å². The van der Waals surface area contributed by atoms with Crippen LogP contribution in [0.25, 0.3) is 0 Å². The van der Waals surface area contributed by atoms with Gasteiger partial charge in [0, 0.05) is 19.1 Å². The highest BCUT2D eigenvalue weighted by molar-refractivity contribution is 5.73. The molecule has 0 aliphatic heterocycles. The highest BCUT2D eigenvalue weighted by Crippen LogP contribution is 2.11. The van der Waals surface area contributed by atoms with Crippen molar-refractivity contribution in [2.45, 2.75) is 26.1 Å². The summed E-state index contributed by atoms with van der Waals surface area (Å²) in [5.74, 6) is 0. The molecule has 0 unspecified atom stereocenters. The Hall–Kier alpha value is -0.980. The molecule has 3 N–H and O–H groups in total. The average molecular weight is 227 g/mol. The first-order valence-corrected chi connectivity index (χ1v) is 4.63. The second-order valence-electron chi connectivity index (χ2n) is 3.33. The SMILES string of the molecule is CC(C)NCCNC(=O)NCC(F)(F)F. The zero-order valence-corrected chi connectivity index (χ0v) is 8.74. The minimum atomic E-state index is -4.37. The lowest BCUT2D eigenvalue weighted by molar-refractivity contribution is -0.122. The van der Waals surface area contributed by atoms with Gasteiger partial charge in [0.2, 0.25) is 0 Å². The Balaban J connectivity index is 3.42. The summed E-state index contributed by atoms with van der Waals surface area (Å²) in [6.07, 6.45) is -4.37. The van der Waals surface area contributed by atoms with E-state index >= 15 is 0 Å². The molecule has 0 saturated carbocycles. The maximum absolute atomic E-state index is 11.7. The zero-order valence-electron chi connectivity index (χ0n) is 8.74. The molecule has 0 aliphatic carbocycles. The summed E-state index contributed by atoms with van der Waals surface area (Å²) in [6.45, 7) is 3.38.